The summed E-state index contributed by atoms with van der Waals surface area (Å²) in [6.07, 6.45) is 1.11. The van der Waals surface area contributed by atoms with E-state index in [9.17, 15) is 4.79 Å². The normalized spacial score (nSPS) is 11.5. The summed E-state index contributed by atoms with van der Waals surface area (Å²) in [5.41, 5.74) is 1.58. The second-order valence-corrected chi connectivity index (χ2v) is 5.49. The van der Waals surface area contributed by atoms with E-state index in [2.05, 4.69) is 17.6 Å². The van der Waals surface area contributed by atoms with E-state index in [1.54, 1.807) is 31.4 Å². The zero-order chi connectivity index (χ0) is 17.4. The second-order valence-electron chi connectivity index (χ2n) is 5.49. The van der Waals surface area contributed by atoms with Crippen molar-refractivity contribution in [2.75, 3.05) is 24.3 Å². The highest BCUT2D eigenvalue weighted by atomic mass is 16.5. The molecule has 2 aromatic rings. The van der Waals surface area contributed by atoms with Gasteiger partial charge in [-0.25, -0.2) is 0 Å². The fourth-order valence-corrected chi connectivity index (χ4v) is 2.06. The predicted octanol–water partition coefficient (Wildman–Crippen LogP) is 3.92. The molecule has 24 heavy (non-hydrogen) atoms. The van der Waals surface area contributed by atoms with Gasteiger partial charge in [0.1, 0.15) is 11.5 Å². The number of carbonyl (C=O) groups is 1. The van der Waals surface area contributed by atoms with Crippen LogP contribution in [0.15, 0.2) is 48.5 Å². The average molecular weight is 328 g/mol. The van der Waals surface area contributed by atoms with Crippen molar-refractivity contribution >= 4 is 17.3 Å². The molecule has 0 radical (unpaired) electrons. The van der Waals surface area contributed by atoms with Crippen LogP contribution in [0.3, 0.4) is 0 Å². The van der Waals surface area contributed by atoms with Crippen molar-refractivity contribution in [3.05, 3.63) is 48.5 Å². The third-order valence-corrected chi connectivity index (χ3v) is 3.57. The Balaban J connectivity index is 1.85. The number of nitrogens with one attached hydrogen (secondary N) is 2. The fraction of sp³-hybridized carbons (Fsp3) is 0.316. The van der Waals surface area contributed by atoms with Crippen LogP contribution >= 0.6 is 0 Å². The lowest BCUT2D eigenvalue weighted by Crippen LogP contribution is -2.21. The topological polar surface area (TPSA) is 59.6 Å². The van der Waals surface area contributed by atoms with E-state index in [4.69, 9.17) is 9.47 Å². The molecule has 5 heteroatoms. The zero-order valence-electron chi connectivity index (χ0n) is 14.3. The summed E-state index contributed by atoms with van der Waals surface area (Å²) >= 11 is 0. The smallest absolute Gasteiger partial charge is 0.243 e. The Hall–Kier alpha value is -2.69. The SMILES string of the molecule is CCC(C)Oc1cccc(NCC(=O)Nc2ccc(OC)cc2)c1. The van der Waals surface area contributed by atoms with Crippen molar-refractivity contribution in [1.82, 2.24) is 0 Å². The largest absolute Gasteiger partial charge is 0.497 e. The first-order chi connectivity index (χ1) is 11.6. The highest BCUT2D eigenvalue weighted by Crippen LogP contribution is 2.19. The molecule has 2 aromatic carbocycles. The van der Waals surface area contributed by atoms with Crippen molar-refractivity contribution in [3.63, 3.8) is 0 Å². The number of carbonyl (C=O) groups excluding carboxylic acids is 1. The van der Waals surface area contributed by atoms with Crippen molar-refractivity contribution in [2.45, 2.75) is 26.4 Å². The second kappa shape index (κ2) is 8.82. The first-order valence-electron chi connectivity index (χ1n) is 8.05. The van der Waals surface area contributed by atoms with E-state index in [-0.39, 0.29) is 18.6 Å². The summed E-state index contributed by atoms with van der Waals surface area (Å²) < 4.78 is 10.9. The molecule has 128 valence electrons. The lowest BCUT2D eigenvalue weighted by molar-refractivity contribution is -0.114. The monoisotopic (exact) mass is 328 g/mol. The Bertz CT molecular complexity index is 656. The van der Waals surface area contributed by atoms with Gasteiger partial charge in [-0.05, 0) is 49.7 Å². The Labute approximate surface area is 143 Å². The zero-order valence-corrected chi connectivity index (χ0v) is 14.3. The Morgan fingerprint density at radius 1 is 1.08 bits per heavy atom. The van der Waals surface area contributed by atoms with E-state index in [0.29, 0.717) is 0 Å². The molecule has 1 amide bonds. The molecule has 0 saturated carbocycles. The molecule has 0 aliphatic carbocycles. The highest BCUT2D eigenvalue weighted by molar-refractivity contribution is 5.93. The maximum atomic E-state index is 12.0. The third kappa shape index (κ3) is 5.50. The van der Waals surface area contributed by atoms with E-state index < -0.39 is 0 Å². The molecule has 1 unspecified atom stereocenters. The van der Waals surface area contributed by atoms with Gasteiger partial charge in [0.2, 0.25) is 5.91 Å². The molecular formula is C19H24N2O3. The number of ether oxygens (including phenoxy) is 2. The molecule has 5 nitrogen and oxygen atoms in total. The van der Waals surface area contributed by atoms with E-state index in [1.165, 1.54) is 0 Å². The van der Waals surface area contributed by atoms with Gasteiger partial charge in [0.05, 0.1) is 19.8 Å². The number of rotatable bonds is 8. The van der Waals surface area contributed by atoms with Crippen LogP contribution in [0.25, 0.3) is 0 Å². The molecule has 0 heterocycles. The maximum absolute atomic E-state index is 12.0. The van der Waals surface area contributed by atoms with Gasteiger partial charge in [0.15, 0.2) is 0 Å². The van der Waals surface area contributed by atoms with Crippen LogP contribution in [0, 0.1) is 0 Å². The van der Waals surface area contributed by atoms with Crippen LogP contribution in [-0.4, -0.2) is 25.7 Å². The minimum Gasteiger partial charge on any atom is -0.497 e. The summed E-state index contributed by atoms with van der Waals surface area (Å²) in [6, 6.07) is 14.8. The van der Waals surface area contributed by atoms with Crippen LogP contribution in [0.1, 0.15) is 20.3 Å². The lowest BCUT2D eigenvalue weighted by Gasteiger charge is -2.14. The van der Waals surface area contributed by atoms with Crippen molar-refractivity contribution in [3.8, 4) is 11.5 Å². The number of anilines is 2. The number of amides is 1. The Morgan fingerprint density at radius 2 is 1.83 bits per heavy atom. The van der Waals surface area contributed by atoms with Gasteiger partial charge in [0, 0.05) is 17.4 Å². The third-order valence-electron chi connectivity index (χ3n) is 3.57. The molecule has 2 rings (SSSR count). The fourth-order valence-electron chi connectivity index (χ4n) is 2.06. The molecule has 0 saturated heterocycles. The van der Waals surface area contributed by atoms with Crippen LogP contribution in [0.4, 0.5) is 11.4 Å². The number of hydrogen-bond donors (Lipinski definition) is 2. The number of methoxy groups -OCH3 is 1. The summed E-state index contributed by atoms with van der Waals surface area (Å²) in [5.74, 6) is 1.43. The molecule has 0 aliphatic rings. The molecule has 0 aromatic heterocycles. The quantitative estimate of drug-likeness (QED) is 0.771. The molecule has 0 fully saturated rings. The minimum atomic E-state index is -0.117. The van der Waals surface area contributed by atoms with Crippen LogP contribution in [0.2, 0.25) is 0 Å². The van der Waals surface area contributed by atoms with Gasteiger partial charge < -0.3 is 20.1 Å². The maximum Gasteiger partial charge on any atom is 0.243 e. The van der Waals surface area contributed by atoms with Crippen LogP contribution in [0.5, 0.6) is 11.5 Å². The van der Waals surface area contributed by atoms with E-state index >= 15 is 0 Å². The van der Waals surface area contributed by atoms with Gasteiger partial charge >= 0.3 is 0 Å². The summed E-state index contributed by atoms with van der Waals surface area (Å²) in [7, 11) is 1.61. The van der Waals surface area contributed by atoms with Gasteiger partial charge in [0.25, 0.3) is 0 Å². The first-order valence-corrected chi connectivity index (χ1v) is 8.05. The van der Waals surface area contributed by atoms with Crippen LogP contribution < -0.4 is 20.1 Å². The number of benzene rings is 2. The van der Waals surface area contributed by atoms with Gasteiger partial charge in [-0.1, -0.05) is 13.0 Å². The summed E-state index contributed by atoms with van der Waals surface area (Å²) in [5, 5.41) is 5.93. The lowest BCUT2D eigenvalue weighted by atomic mass is 10.2. The molecule has 0 spiro atoms. The Morgan fingerprint density at radius 3 is 2.50 bits per heavy atom. The van der Waals surface area contributed by atoms with Crippen molar-refractivity contribution in [1.29, 1.82) is 0 Å². The summed E-state index contributed by atoms with van der Waals surface area (Å²) in [6.45, 7) is 4.29. The van der Waals surface area contributed by atoms with Crippen molar-refractivity contribution < 1.29 is 14.3 Å². The van der Waals surface area contributed by atoms with Gasteiger partial charge in [-0.2, -0.15) is 0 Å². The highest BCUT2D eigenvalue weighted by Gasteiger charge is 2.05. The molecular weight excluding hydrogens is 304 g/mol. The molecule has 2 N–H and O–H groups in total. The predicted molar refractivity (Wildman–Crippen MR) is 96.9 cm³/mol. The van der Waals surface area contributed by atoms with Gasteiger partial charge in [-0.15, -0.1) is 0 Å². The summed E-state index contributed by atoms with van der Waals surface area (Å²) in [4.78, 5) is 12.0. The average Bonchev–Trinajstić information content (AvgIpc) is 2.61. The molecule has 1 atom stereocenters. The molecule has 0 bridgehead atoms. The van der Waals surface area contributed by atoms with Crippen molar-refractivity contribution in [2.24, 2.45) is 0 Å². The Kier molecular flexibility index (Phi) is 6.49. The van der Waals surface area contributed by atoms with Gasteiger partial charge in [-0.3, -0.25) is 4.79 Å². The van der Waals surface area contributed by atoms with E-state index in [1.807, 2.05) is 31.2 Å². The number of hydrogen-bond acceptors (Lipinski definition) is 4. The van der Waals surface area contributed by atoms with Crippen LogP contribution in [-0.2, 0) is 4.79 Å². The molecule has 0 aliphatic heterocycles. The standard InChI is InChI=1S/C19H24N2O3/c1-4-14(2)24-18-7-5-6-16(12-18)20-13-19(22)21-15-8-10-17(23-3)11-9-15/h5-12,14,20H,4,13H2,1-3H3,(H,21,22). The minimum absolute atomic E-state index is 0.117. The van der Waals surface area contributed by atoms with E-state index in [0.717, 1.165) is 29.3 Å². The first kappa shape index (κ1) is 17.7.